The Balaban J connectivity index is 2.97. The molecule has 0 heterocycles. The number of carbonyl (C=O) groups is 1. The lowest BCUT2D eigenvalue weighted by Crippen LogP contribution is -2.35. The van der Waals surface area contributed by atoms with Crippen LogP contribution in [-0.2, 0) is 0 Å². The van der Waals surface area contributed by atoms with Gasteiger partial charge in [0.05, 0.1) is 18.1 Å². The molecule has 102 valence electrons. The molecule has 1 aromatic carbocycles. The first-order valence-corrected chi connectivity index (χ1v) is 6.20. The third kappa shape index (κ3) is 4.18. The van der Waals surface area contributed by atoms with Crippen LogP contribution >= 0.6 is 0 Å². The summed E-state index contributed by atoms with van der Waals surface area (Å²) in [6.45, 7) is 4.91. The summed E-state index contributed by atoms with van der Waals surface area (Å²) in [7, 11) is 0. The summed E-state index contributed by atoms with van der Waals surface area (Å²) in [5, 5.41) is 18.1. The highest BCUT2D eigenvalue weighted by molar-refractivity contribution is 5.99. The van der Waals surface area contributed by atoms with Gasteiger partial charge in [0.1, 0.15) is 5.75 Å². The summed E-state index contributed by atoms with van der Waals surface area (Å²) in [5.74, 6) is 0.0425. The first-order chi connectivity index (χ1) is 8.95. The molecule has 0 fully saturated rings. The van der Waals surface area contributed by atoms with Crippen molar-refractivity contribution in [3.63, 3.8) is 0 Å². The number of aromatic hydroxyl groups is 1. The highest BCUT2D eigenvalue weighted by Gasteiger charge is 2.19. The number of anilines is 1. The molecule has 0 aliphatic carbocycles. The summed E-state index contributed by atoms with van der Waals surface area (Å²) < 4.78 is 0. The number of nitrogens with two attached hydrogens (primary N) is 1. The highest BCUT2D eigenvalue weighted by atomic mass is 16.3. The van der Waals surface area contributed by atoms with E-state index in [0.29, 0.717) is 24.7 Å². The van der Waals surface area contributed by atoms with Gasteiger partial charge in [0.25, 0.3) is 5.91 Å². The maximum absolute atomic E-state index is 12.4. The van der Waals surface area contributed by atoms with Gasteiger partial charge in [0.15, 0.2) is 0 Å². The first-order valence-electron chi connectivity index (χ1n) is 6.20. The summed E-state index contributed by atoms with van der Waals surface area (Å²) in [6, 6.07) is 6.33. The van der Waals surface area contributed by atoms with Crippen LogP contribution < -0.4 is 5.73 Å². The van der Waals surface area contributed by atoms with Crippen LogP contribution in [-0.4, -0.2) is 29.0 Å². The van der Waals surface area contributed by atoms with Crippen molar-refractivity contribution in [1.29, 1.82) is 5.26 Å². The quantitative estimate of drug-likeness (QED) is 0.626. The van der Waals surface area contributed by atoms with Crippen molar-refractivity contribution in [2.24, 2.45) is 5.92 Å². The molecule has 0 bridgehead atoms. The molecule has 0 spiro atoms. The number of benzene rings is 1. The van der Waals surface area contributed by atoms with Gasteiger partial charge in [0.2, 0.25) is 0 Å². The minimum Gasteiger partial charge on any atom is -0.508 e. The molecule has 3 N–H and O–H groups in total. The van der Waals surface area contributed by atoms with Crippen molar-refractivity contribution in [3.05, 3.63) is 23.8 Å². The number of phenolic OH excluding ortho intramolecular Hbond substituents is 1. The number of rotatable bonds is 5. The lowest BCUT2D eigenvalue weighted by atomic mass is 10.1. The summed E-state index contributed by atoms with van der Waals surface area (Å²) in [5.41, 5.74) is 6.37. The smallest absolute Gasteiger partial charge is 0.256 e. The van der Waals surface area contributed by atoms with Crippen molar-refractivity contribution >= 4 is 11.6 Å². The van der Waals surface area contributed by atoms with Gasteiger partial charge in [0, 0.05) is 18.8 Å². The predicted octanol–water partition coefficient (Wildman–Crippen LogP) is 1.99. The highest BCUT2D eigenvalue weighted by Crippen LogP contribution is 2.20. The molecule has 5 heteroatoms. The normalized spacial score (nSPS) is 10.2. The van der Waals surface area contributed by atoms with Gasteiger partial charge < -0.3 is 15.7 Å². The lowest BCUT2D eigenvalue weighted by Gasteiger charge is -2.24. The average molecular weight is 261 g/mol. The van der Waals surface area contributed by atoms with E-state index in [0.717, 1.165) is 0 Å². The monoisotopic (exact) mass is 261 g/mol. The molecule has 0 radical (unpaired) electrons. The molecule has 0 atom stereocenters. The van der Waals surface area contributed by atoms with E-state index in [1.165, 1.54) is 18.2 Å². The van der Waals surface area contributed by atoms with Gasteiger partial charge in [-0.05, 0) is 24.1 Å². The molecule has 19 heavy (non-hydrogen) atoms. The van der Waals surface area contributed by atoms with E-state index in [4.69, 9.17) is 11.0 Å². The zero-order valence-electron chi connectivity index (χ0n) is 11.3. The third-order valence-electron chi connectivity index (χ3n) is 2.63. The number of amides is 1. The molecule has 1 rings (SSSR count). The zero-order chi connectivity index (χ0) is 14.4. The van der Waals surface area contributed by atoms with Gasteiger partial charge in [-0.2, -0.15) is 5.26 Å². The van der Waals surface area contributed by atoms with Crippen molar-refractivity contribution in [3.8, 4) is 11.8 Å². The van der Waals surface area contributed by atoms with E-state index in [-0.39, 0.29) is 23.6 Å². The van der Waals surface area contributed by atoms with Crippen LogP contribution in [0, 0.1) is 17.2 Å². The van der Waals surface area contributed by atoms with Crippen molar-refractivity contribution in [1.82, 2.24) is 4.90 Å². The van der Waals surface area contributed by atoms with Crippen molar-refractivity contribution < 1.29 is 9.90 Å². The summed E-state index contributed by atoms with van der Waals surface area (Å²) in [4.78, 5) is 14.0. The van der Waals surface area contributed by atoms with Crippen molar-refractivity contribution in [2.75, 3.05) is 18.8 Å². The average Bonchev–Trinajstić information content (AvgIpc) is 2.36. The van der Waals surface area contributed by atoms with Crippen LogP contribution in [0.2, 0.25) is 0 Å². The van der Waals surface area contributed by atoms with Crippen LogP contribution in [0.4, 0.5) is 5.69 Å². The lowest BCUT2D eigenvalue weighted by molar-refractivity contribution is 0.0740. The second kappa shape index (κ2) is 6.64. The number of hydrogen-bond donors (Lipinski definition) is 2. The number of carbonyl (C=O) groups excluding carboxylic acids is 1. The first kappa shape index (κ1) is 14.8. The molecular formula is C14H19N3O2. The Kier molecular flexibility index (Phi) is 5.19. The predicted molar refractivity (Wildman–Crippen MR) is 73.5 cm³/mol. The molecule has 0 aliphatic heterocycles. The van der Waals surface area contributed by atoms with E-state index < -0.39 is 0 Å². The van der Waals surface area contributed by atoms with Gasteiger partial charge in [-0.3, -0.25) is 4.79 Å². The molecule has 5 nitrogen and oxygen atoms in total. The largest absolute Gasteiger partial charge is 0.508 e. The Morgan fingerprint density at radius 3 is 2.79 bits per heavy atom. The van der Waals surface area contributed by atoms with E-state index >= 15 is 0 Å². The van der Waals surface area contributed by atoms with Gasteiger partial charge in [-0.25, -0.2) is 0 Å². The zero-order valence-corrected chi connectivity index (χ0v) is 11.3. The number of nitrogens with zero attached hydrogens (tertiary/aromatic N) is 2. The van der Waals surface area contributed by atoms with E-state index in [2.05, 4.69) is 0 Å². The Labute approximate surface area is 113 Å². The number of hydrogen-bond acceptors (Lipinski definition) is 4. The minimum absolute atomic E-state index is 0.00216. The molecule has 1 amide bonds. The third-order valence-corrected chi connectivity index (χ3v) is 2.63. The van der Waals surface area contributed by atoms with Crippen LogP contribution in [0.5, 0.6) is 5.75 Å². The van der Waals surface area contributed by atoms with E-state index in [9.17, 15) is 9.90 Å². The molecule has 1 aromatic rings. The minimum atomic E-state index is -0.252. The topological polar surface area (TPSA) is 90.3 Å². The second-order valence-corrected chi connectivity index (χ2v) is 4.82. The van der Waals surface area contributed by atoms with Crippen LogP contribution in [0.1, 0.15) is 30.6 Å². The molecule has 0 aromatic heterocycles. The van der Waals surface area contributed by atoms with Gasteiger partial charge in [-0.15, -0.1) is 0 Å². The maximum Gasteiger partial charge on any atom is 0.256 e. The SMILES string of the molecule is CC(C)CN(CCC#N)C(=O)c1cc(O)ccc1N. The van der Waals surface area contributed by atoms with Crippen molar-refractivity contribution in [2.45, 2.75) is 20.3 Å². The molecule has 0 aliphatic rings. The second-order valence-electron chi connectivity index (χ2n) is 4.82. The number of nitrogen functional groups attached to an aromatic ring is 1. The Morgan fingerprint density at radius 1 is 1.53 bits per heavy atom. The summed E-state index contributed by atoms with van der Waals surface area (Å²) in [6.07, 6.45) is 0.275. The van der Waals surface area contributed by atoms with Gasteiger partial charge in [-0.1, -0.05) is 13.8 Å². The molecule has 0 saturated heterocycles. The van der Waals surface area contributed by atoms with E-state index in [1.807, 2.05) is 19.9 Å². The Morgan fingerprint density at radius 2 is 2.21 bits per heavy atom. The van der Waals surface area contributed by atoms with Crippen LogP contribution in [0.3, 0.4) is 0 Å². The van der Waals surface area contributed by atoms with Gasteiger partial charge >= 0.3 is 0 Å². The fraction of sp³-hybridized carbons (Fsp3) is 0.429. The molecule has 0 unspecified atom stereocenters. The molecular weight excluding hydrogens is 242 g/mol. The van der Waals surface area contributed by atoms with Crippen LogP contribution in [0.25, 0.3) is 0 Å². The summed E-state index contributed by atoms with van der Waals surface area (Å²) >= 11 is 0. The number of nitriles is 1. The fourth-order valence-electron chi connectivity index (χ4n) is 1.80. The molecule has 0 saturated carbocycles. The maximum atomic E-state index is 12.4. The Bertz CT molecular complexity index is 492. The fourth-order valence-corrected chi connectivity index (χ4v) is 1.80. The Hall–Kier alpha value is -2.22. The standard InChI is InChI=1S/C14H19N3O2/c1-10(2)9-17(7-3-6-15)14(19)12-8-11(18)4-5-13(12)16/h4-5,8,10,18H,3,7,9,16H2,1-2H3. The van der Waals surface area contributed by atoms with E-state index in [1.54, 1.807) is 4.90 Å². The van der Waals surface area contributed by atoms with Crippen LogP contribution in [0.15, 0.2) is 18.2 Å². The number of phenols is 1.